The topological polar surface area (TPSA) is 69.7 Å². The van der Waals surface area contributed by atoms with E-state index in [1.807, 2.05) is 42.2 Å². The Balaban J connectivity index is 1.49. The molecule has 1 N–H and O–H groups in total. The molecule has 8 heteroatoms. The Morgan fingerprint density at radius 2 is 1.81 bits per heavy atom. The molecule has 1 aliphatic rings. The van der Waals surface area contributed by atoms with Gasteiger partial charge in [0.2, 0.25) is 5.91 Å². The Morgan fingerprint density at radius 1 is 1.12 bits per heavy atom. The predicted molar refractivity (Wildman–Crippen MR) is 103 cm³/mol. The summed E-state index contributed by atoms with van der Waals surface area (Å²) < 4.78 is 26.9. The summed E-state index contributed by atoms with van der Waals surface area (Å²) in [6, 6.07) is 13.1. The molecule has 26 heavy (non-hydrogen) atoms. The van der Waals surface area contributed by atoms with Crippen LogP contribution in [0.15, 0.2) is 52.1 Å². The second kappa shape index (κ2) is 8.30. The number of hydrogen-bond donors (Lipinski definition) is 1. The second-order valence-electron chi connectivity index (χ2n) is 6.31. The van der Waals surface area contributed by atoms with E-state index in [-0.39, 0.29) is 18.5 Å². The van der Waals surface area contributed by atoms with Crippen molar-refractivity contribution >= 4 is 27.3 Å². The van der Waals surface area contributed by atoms with Crippen molar-refractivity contribution < 1.29 is 13.2 Å². The number of sulfonamides is 1. The summed E-state index contributed by atoms with van der Waals surface area (Å²) in [4.78, 5) is 14.3. The number of nitrogens with zero attached hydrogens (tertiary/aromatic N) is 2. The second-order valence-corrected chi connectivity index (χ2v) is 9.42. The van der Waals surface area contributed by atoms with Crippen molar-refractivity contribution in [1.29, 1.82) is 0 Å². The molecule has 0 unspecified atom stereocenters. The monoisotopic (exact) mass is 393 g/mol. The number of thiophene rings is 1. The quantitative estimate of drug-likeness (QED) is 0.814. The Morgan fingerprint density at radius 3 is 2.42 bits per heavy atom. The van der Waals surface area contributed by atoms with Crippen LogP contribution in [0.25, 0.3) is 0 Å². The van der Waals surface area contributed by atoms with Crippen molar-refractivity contribution in [2.75, 3.05) is 32.7 Å². The third-order valence-corrected chi connectivity index (χ3v) is 7.74. The molecule has 0 spiro atoms. The van der Waals surface area contributed by atoms with E-state index in [4.69, 9.17) is 0 Å². The molecular formula is C18H23N3O3S2. The van der Waals surface area contributed by atoms with Crippen molar-refractivity contribution in [1.82, 2.24) is 14.5 Å². The average molecular weight is 394 g/mol. The van der Waals surface area contributed by atoms with Gasteiger partial charge in [0.05, 0.1) is 12.6 Å². The Kier molecular flexibility index (Phi) is 6.08. The molecule has 1 amide bonds. The minimum Gasteiger partial charge on any atom is -0.348 e. The number of nitrogens with one attached hydrogen (secondary N) is 1. The minimum absolute atomic E-state index is 0.0454. The van der Waals surface area contributed by atoms with Gasteiger partial charge < -0.3 is 5.32 Å². The van der Waals surface area contributed by atoms with Crippen LogP contribution in [-0.2, 0) is 14.8 Å². The maximum Gasteiger partial charge on any atom is 0.252 e. The summed E-state index contributed by atoms with van der Waals surface area (Å²) in [7, 11) is -3.40. The van der Waals surface area contributed by atoms with Crippen LogP contribution >= 0.6 is 11.3 Å². The number of hydrogen-bond acceptors (Lipinski definition) is 5. The molecule has 1 saturated heterocycles. The number of carbonyl (C=O) groups is 1. The lowest BCUT2D eigenvalue weighted by atomic mass is 10.1. The fraction of sp³-hybridized carbons (Fsp3) is 0.389. The highest BCUT2D eigenvalue weighted by molar-refractivity contribution is 7.91. The molecule has 1 aromatic carbocycles. The normalized spacial score (nSPS) is 17.7. The van der Waals surface area contributed by atoms with E-state index in [1.165, 1.54) is 15.6 Å². The van der Waals surface area contributed by atoms with Gasteiger partial charge in [0, 0.05) is 26.2 Å². The predicted octanol–water partition coefficient (Wildman–Crippen LogP) is 1.93. The molecule has 2 aromatic rings. The molecule has 6 nitrogen and oxygen atoms in total. The first kappa shape index (κ1) is 19.0. The molecule has 1 aliphatic heterocycles. The molecule has 0 aliphatic carbocycles. The summed E-state index contributed by atoms with van der Waals surface area (Å²) in [5, 5.41) is 4.76. The van der Waals surface area contributed by atoms with Crippen LogP contribution in [0.5, 0.6) is 0 Å². The number of amides is 1. The van der Waals surface area contributed by atoms with Crippen molar-refractivity contribution in [3.05, 3.63) is 53.4 Å². The van der Waals surface area contributed by atoms with Crippen molar-refractivity contribution in [2.45, 2.75) is 17.2 Å². The van der Waals surface area contributed by atoms with Gasteiger partial charge in [-0.05, 0) is 23.9 Å². The van der Waals surface area contributed by atoms with E-state index >= 15 is 0 Å². The van der Waals surface area contributed by atoms with Gasteiger partial charge in [0.25, 0.3) is 10.0 Å². The first-order chi connectivity index (χ1) is 12.5. The molecule has 1 atom stereocenters. The standard InChI is InChI=1S/C18H23N3O3S2/c1-15(16-6-3-2-4-7-16)19-17(22)14-20-9-11-21(12-10-20)26(23,24)18-8-5-13-25-18/h2-8,13,15H,9-12,14H2,1H3,(H,19,22)/t15-/m1/s1. The minimum atomic E-state index is -3.40. The first-order valence-electron chi connectivity index (χ1n) is 8.57. The zero-order valence-corrected chi connectivity index (χ0v) is 16.3. The van der Waals surface area contributed by atoms with Gasteiger partial charge in [-0.25, -0.2) is 8.42 Å². The maximum absolute atomic E-state index is 12.5. The van der Waals surface area contributed by atoms with Crippen molar-refractivity contribution in [2.24, 2.45) is 0 Å². The lowest BCUT2D eigenvalue weighted by molar-refractivity contribution is -0.123. The van der Waals surface area contributed by atoms with E-state index in [2.05, 4.69) is 5.32 Å². The highest BCUT2D eigenvalue weighted by atomic mass is 32.2. The molecule has 140 valence electrons. The summed E-state index contributed by atoms with van der Waals surface area (Å²) >= 11 is 1.23. The van der Waals surface area contributed by atoms with Gasteiger partial charge >= 0.3 is 0 Å². The molecular weight excluding hydrogens is 370 g/mol. The zero-order valence-electron chi connectivity index (χ0n) is 14.7. The SMILES string of the molecule is C[C@@H](NC(=O)CN1CCN(S(=O)(=O)c2cccs2)CC1)c1ccccc1. The Bertz CT molecular complexity index is 815. The molecule has 0 bridgehead atoms. The largest absolute Gasteiger partial charge is 0.348 e. The summed E-state index contributed by atoms with van der Waals surface area (Å²) in [5.41, 5.74) is 1.06. The van der Waals surface area contributed by atoms with Gasteiger partial charge in [-0.15, -0.1) is 11.3 Å². The van der Waals surface area contributed by atoms with Gasteiger partial charge in [-0.2, -0.15) is 4.31 Å². The van der Waals surface area contributed by atoms with Crippen LogP contribution in [0, 0.1) is 0 Å². The van der Waals surface area contributed by atoms with Crippen LogP contribution in [0.1, 0.15) is 18.5 Å². The van der Waals surface area contributed by atoms with Gasteiger partial charge in [0.15, 0.2) is 0 Å². The van der Waals surface area contributed by atoms with Gasteiger partial charge in [0.1, 0.15) is 4.21 Å². The van der Waals surface area contributed by atoms with E-state index in [0.717, 1.165) is 5.56 Å². The van der Waals surface area contributed by atoms with E-state index in [9.17, 15) is 13.2 Å². The maximum atomic E-state index is 12.5. The lowest BCUT2D eigenvalue weighted by Gasteiger charge is -2.33. The van der Waals surface area contributed by atoms with Crippen LogP contribution in [0.4, 0.5) is 0 Å². The summed E-state index contributed by atoms with van der Waals surface area (Å²) in [6.07, 6.45) is 0. The third kappa shape index (κ3) is 4.50. The smallest absolute Gasteiger partial charge is 0.252 e. The van der Waals surface area contributed by atoms with Gasteiger partial charge in [-0.3, -0.25) is 9.69 Å². The molecule has 2 heterocycles. The molecule has 3 rings (SSSR count). The highest BCUT2D eigenvalue weighted by Crippen LogP contribution is 2.22. The zero-order chi connectivity index (χ0) is 18.6. The first-order valence-corrected chi connectivity index (χ1v) is 10.9. The van der Waals surface area contributed by atoms with Gasteiger partial charge in [-0.1, -0.05) is 36.4 Å². The fourth-order valence-corrected chi connectivity index (χ4v) is 5.55. The van der Waals surface area contributed by atoms with Crippen LogP contribution in [-0.4, -0.2) is 56.3 Å². The molecule has 1 aromatic heterocycles. The molecule has 1 fully saturated rings. The average Bonchev–Trinajstić information content (AvgIpc) is 3.18. The molecule has 0 saturated carbocycles. The number of benzene rings is 1. The lowest BCUT2D eigenvalue weighted by Crippen LogP contribution is -2.51. The van der Waals surface area contributed by atoms with Crippen molar-refractivity contribution in [3.8, 4) is 0 Å². The van der Waals surface area contributed by atoms with Crippen molar-refractivity contribution in [3.63, 3.8) is 0 Å². The number of rotatable bonds is 6. The van der Waals surface area contributed by atoms with E-state index < -0.39 is 10.0 Å². The highest BCUT2D eigenvalue weighted by Gasteiger charge is 2.29. The number of carbonyl (C=O) groups excluding carboxylic acids is 1. The van der Waals surface area contributed by atoms with Crippen LogP contribution in [0.2, 0.25) is 0 Å². The van der Waals surface area contributed by atoms with E-state index in [0.29, 0.717) is 30.4 Å². The van der Waals surface area contributed by atoms with Crippen LogP contribution in [0.3, 0.4) is 0 Å². The number of piperazine rings is 1. The summed E-state index contributed by atoms with van der Waals surface area (Å²) in [5.74, 6) is -0.0454. The Hall–Kier alpha value is -1.74. The van der Waals surface area contributed by atoms with E-state index in [1.54, 1.807) is 17.5 Å². The summed E-state index contributed by atoms with van der Waals surface area (Å²) in [6.45, 7) is 4.15. The molecule has 0 radical (unpaired) electrons. The van der Waals surface area contributed by atoms with Crippen LogP contribution < -0.4 is 5.32 Å². The Labute approximate surface area is 158 Å². The third-order valence-electron chi connectivity index (χ3n) is 4.46. The fourth-order valence-electron chi connectivity index (χ4n) is 2.98.